The lowest BCUT2D eigenvalue weighted by Gasteiger charge is -2.18. The molecule has 0 amide bonds. The number of hydrogen-bond acceptors (Lipinski definition) is 4. The third-order valence-electron chi connectivity index (χ3n) is 4.09. The fourth-order valence-electron chi connectivity index (χ4n) is 2.93. The predicted molar refractivity (Wildman–Crippen MR) is 89.8 cm³/mol. The molecule has 1 aromatic heterocycles. The van der Waals surface area contributed by atoms with Crippen LogP contribution in [0.4, 0.5) is 0 Å². The lowest BCUT2D eigenvalue weighted by atomic mass is 9.91. The maximum atomic E-state index is 10.7. The van der Waals surface area contributed by atoms with E-state index in [0.29, 0.717) is 40.1 Å². The zero-order valence-corrected chi connectivity index (χ0v) is 14.4. The van der Waals surface area contributed by atoms with E-state index < -0.39 is 6.10 Å². The van der Waals surface area contributed by atoms with Crippen LogP contribution in [0.25, 0.3) is 0 Å². The number of aliphatic hydroxyl groups excluding tert-OH is 1. The Hall–Kier alpha value is -1.49. The summed E-state index contributed by atoms with van der Waals surface area (Å²) in [6, 6.07) is 3.68. The van der Waals surface area contributed by atoms with Crippen molar-refractivity contribution in [2.24, 2.45) is 0 Å². The molecule has 2 aromatic rings. The summed E-state index contributed by atoms with van der Waals surface area (Å²) in [6.07, 6.45) is 2.63. The van der Waals surface area contributed by atoms with Gasteiger partial charge in [0.25, 0.3) is 0 Å². The molecule has 0 radical (unpaired) electrons. The normalized spacial score (nSPS) is 17.5. The van der Waals surface area contributed by atoms with Crippen LogP contribution < -0.4 is 9.47 Å². The molecule has 6 heteroatoms. The van der Waals surface area contributed by atoms with Gasteiger partial charge in [0.2, 0.25) is 0 Å². The number of fused-ring (bicyclic) bond motifs is 1. The molecular weight excluding hydrogens is 337 g/mol. The predicted octanol–water partition coefficient (Wildman–Crippen LogP) is 4.17. The van der Waals surface area contributed by atoms with Crippen LogP contribution in [0.2, 0.25) is 10.0 Å². The zero-order chi connectivity index (χ0) is 16.6. The highest BCUT2D eigenvalue weighted by atomic mass is 35.5. The van der Waals surface area contributed by atoms with E-state index >= 15 is 0 Å². The summed E-state index contributed by atoms with van der Waals surface area (Å²) < 4.78 is 11.1. The van der Waals surface area contributed by atoms with E-state index in [-0.39, 0.29) is 5.92 Å². The Balaban J connectivity index is 1.98. The van der Waals surface area contributed by atoms with Gasteiger partial charge in [-0.25, -0.2) is 0 Å². The van der Waals surface area contributed by atoms with E-state index in [2.05, 4.69) is 11.9 Å². The fourth-order valence-corrected chi connectivity index (χ4v) is 3.45. The second kappa shape index (κ2) is 6.56. The molecular formula is C17H17Cl2NO3. The first kappa shape index (κ1) is 16.4. The van der Waals surface area contributed by atoms with Crippen molar-refractivity contribution in [1.82, 2.24) is 4.98 Å². The molecule has 3 rings (SSSR count). The van der Waals surface area contributed by atoms with Gasteiger partial charge in [0.1, 0.15) is 0 Å². The number of aromatic nitrogens is 1. The van der Waals surface area contributed by atoms with Crippen LogP contribution in [-0.4, -0.2) is 23.8 Å². The minimum atomic E-state index is -0.740. The standard InChI is InChI=1S/C17H17Cl2NO3/c1-9-8-23-17-15(22-2)4-3-10(16(9)17)14(21)5-11-12(18)6-20-7-13(11)19/h3-4,6-7,9,14,21H,5,8H2,1-2H3. The molecule has 4 nitrogen and oxygen atoms in total. The molecule has 0 bridgehead atoms. The fraction of sp³-hybridized carbons (Fsp3) is 0.353. The minimum Gasteiger partial charge on any atom is -0.493 e. The number of hydrogen-bond donors (Lipinski definition) is 1. The molecule has 122 valence electrons. The number of pyridine rings is 1. The van der Waals surface area contributed by atoms with Gasteiger partial charge >= 0.3 is 0 Å². The largest absolute Gasteiger partial charge is 0.493 e. The number of nitrogens with zero attached hydrogens (tertiary/aromatic N) is 1. The van der Waals surface area contributed by atoms with E-state index in [9.17, 15) is 5.11 Å². The minimum absolute atomic E-state index is 0.188. The Morgan fingerprint density at radius 1 is 1.35 bits per heavy atom. The van der Waals surface area contributed by atoms with Crippen molar-refractivity contribution in [2.45, 2.75) is 25.4 Å². The van der Waals surface area contributed by atoms with Gasteiger partial charge in [-0.2, -0.15) is 0 Å². The summed E-state index contributed by atoms with van der Waals surface area (Å²) in [5.41, 5.74) is 2.49. The van der Waals surface area contributed by atoms with Crippen molar-refractivity contribution in [3.8, 4) is 11.5 Å². The van der Waals surface area contributed by atoms with Crippen LogP contribution in [-0.2, 0) is 6.42 Å². The van der Waals surface area contributed by atoms with E-state index in [0.717, 1.165) is 11.1 Å². The lowest BCUT2D eigenvalue weighted by molar-refractivity contribution is 0.177. The Morgan fingerprint density at radius 2 is 2.04 bits per heavy atom. The van der Waals surface area contributed by atoms with Crippen LogP contribution in [0.15, 0.2) is 24.5 Å². The Labute approximate surface area is 145 Å². The van der Waals surface area contributed by atoms with Crippen molar-refractivity contribution in [2.75, 3.05) is 13.7 Å². The van der Waals surface area contributed by atoms with Gasteiger partial charge in [-0.3, -0.25) is 4.98 Å². The molecule has 0 saturated heterocycles. The molecule has 0 spiro atoms. The number of rotatable bonds is 4. The summed E-state index contributed by atoms with van der Waals surface area (Å²) in [6.45, 7) is 2.64. The number of methoxy groups -OCH3 is 1. The second-order valence-electron chi connectivity index (χ2n) is 5.61. The maximum absolute atomic E-state index is 10.7. The van der Waals surface area contributed by atoms with Gasteiger partial charge in [-0.15, -0.1) is 0 Å². The number of ether oxygens (including phenoxy) is 2. The molecule has 0 saturated carbocycles. The highest BCUT2D eigenvalue weighted by Gasteiger charge is 2.30. The number of aliphatic hydroxyl groups is 1. The van der Waals surface area contributed by atoms with Gasteiger partial charge in [-0.05, 0) is 17.2 Å². The second-order valence-corrected chi connectivity index (χ2v) is 6.43. The van der Waals surface area contributed by atoms with Crippen LogP contribution in [0.5, 0.6) is 11.5 Å². The molecule has 1 aliphatic rings. The SMILES string of the molecule is COc1ccc(C(O)Cc2c(Cl)cncc2Cl)c2c1OCC2C. The summed E-state index contributed by atoms with van der Waals surface area (Å²) in [4.78, 5) is 3.94. The summed E-state index contributed by atoms with van der Waals surface area (Å²) in [5, 5.41) is 11.6. The van der Waals surface area contributed by atoms with E-state index in [4.69, 9.17) is 32.7 Å². The highest BCUT2D eigenvalue weighted by molar-refractivity contribution is 6.35. The average Bonchev–Trinajstić information content (AvgIpc) is 2.92. The Kier molecular flexibility index (Phi) is 4.67. The topological polar surface area (TPSA) is 51.6 Å². The first-order valence-electron chi connectivity index (χ1n) is 7.32. The van der Waals surface area contributed by atoms with Crippen molar-refractivity contribution < 1.29 is 14.6 Å². The Morgan fingerprint density at radius 3 is 2.70 bits per heavy atom. The third-order valence-corrected chi connectivity index (χ3v) is 4.74. The van der Waals surface area contributed by atoms with Crippen molar-refractivity contribution in [3.63, 3.8) is 0 Å². The van der Waals surface area contributed by atoms with Gasteiger partial charge in [0, 0.05) is 30.3 Å². The summed E-state index contributed by atoms with van der Waals surface area (Å²) in [7, 11) is 1.61. The zero-order valence-electron chi connectivity index (χ0n) is 12.8. The van der Waals surface area contributed by atoms with Crippen LogP contribution in [0.3, 0.4) is 0 Å². The number of benzene rings is 1. The van der Waals surface area contributed by atoms with Crippen LogP contribution >= 0.6 is 23.2 Å². The molecule has 2 atom stereocenters. The van der Waals surface area contributed by atoms with Gasteiger partial charge in [0.05, 0.1) is 29.9 Å². The summed E-state index contributed by atoms with van der Waals surface area (Å²) in [5.74, 6) is 1.58. The molecule has 2 unspecified atom stereocenters. The molecule has 1 N–H and O–H groups in total. The van der Waals surface area contributed by atoms with E-state index in [1.54, 1.807) is 7.11 Å². The van der Waals surface area contributed by atoms with Gasteiger partial charge < -0.3 is 14.6 Å². The van der Waals surface area contributed by atoms with Gasteiger partial charge in [0.15, 0.2) is 11.5 Å². The van der Waals surface area contributed by atoms with E-state index in [1.807, 2.05) is 12.1 Å². The first-order valence-corrected chi connectivity index (χ1v) is 8.08. The molecule has 23 heavy (non-hydrogen) atoms. The highest BCUT2D eigenvalue weighted by Crippen LogP contribution is 2.45. The van der Waals surface area contributed by atoms with Crippen molar-refractivity contribution in [1.29, 1.82) is 0 Å². The van der Waals surface area contributed by atoms with E-state index in [1.165, 1.54) is 12.4 Å². The monoisotopic (exact) mass is 353 g/mol. The Bertz CT molecular complexity index is 716. The van der Waals surface area contributed by atoms with Crippen molar-refractivity contribution in [3.05, 3.63) is 51.3 Å². The molecule has 0 aliphatic carbocycles. The smallest absolute Gasteiger partial charge is 0.165 e. The lowest BCUT2D eigenvalue weighted by Crippen LogP contribution is -2.07. The summed E-state index contributed by atoms with van der Waals surface area (Å²) >= 11 is 12.3. The maximum Gasteiger partial charge on any atom is 0.165 e. The average molecular weight is 354 g/mol. The third kappa shape index (κ3) is 2.99. The molecule has 1 aromatic carbocycles. The molecule has 0 fully saturated rings. The number of halogens is 2. The first-order chi connectivity index (χ1) is 11.0. The van der Waals surface area contributed by atoms with Gasteiger partial charge in [-0.1, -0.05) is 36.2 Å². The molecule has 2 heterocycles. The van der Waals surface area contributed by atoms with Crippen molar-refractivity contribution >= 4 is 23.2 Å². The molecule has 1 aliphatic heterocycles. The van der Waals surface area contributed by atoms with Crippen LogP contribution in [0, 0.1) is 0 Å². The van der Waals surface area contributed by atoms with Crippen LogP contribution in [0.1, 0.15) is 35.6 Å². The quantitative estimate of drug-likeness (QED) is 0.895.